The van der Waals surface area contributed by atoms with Gasteiger partial charge >= 0.3 is 18.2 Å². The predicted molar refractivity (Wildman–Crippen MR) is 129 cm³/mol. The molecule has 1 atom stereocenters. The number of carbonyl (C=O) groups excluding carboxylic acids is 3. The molecule has 0 aliphatic rings. The number of benzene rings is 2. The third-order valence-electron chi connectivity index (χ3n) is 4.49. The van der Waals surface area contributed by atoms with Gasteiger partial charge in [0.2, 0.25) is 5.91 Å². The van der Waals surface area contributed by atoms with Crippen molar-refractivity contribution >= 4 is 35.5 Å². The first-order chi connectivity index (χ1) is 17.3. The smallest absolute Gasteiger partial charge is 0.480 e. The Morgan fingerprint density at radius 3 is 2.19 bits per heavy atom. The zero-order chi connectivity index (χ0) is 27.6. The van der Waals surface area contributed by atoms with Crippen molar-refractivity contribution in [1.82, 2.24) is 5.32 Å². The molecule has 0 spiro atoms. The highest BCUT2D eigenvalue weighted by molar-refractivity contribution is 5.91. The van der Waals surface area contributed by atoms with Crippen LogP contribution in [-0.4, -0.2) is 45.8 Å². The number of rotatable bonds is 10. The number of nitrogens with zero attached hydrogens (tertiary/aromatic N) is 1. The van der Waals surface area contributed by atoms with E-state index in [0.717, 1.165) is 0 Å². The van der Waals surface area contributed by atoms with Crippen molar-refractivity contribution in [3.05, 3.63) is 64.2 Å². The Morgan fingerprint density at radius 2 is 1.65 bits per heavy atom. The van der Waals surface area contributed by atoms with Gasteiger partial charge in [0, 0.05) is 24.2 Å². The number of nitro groups is 1. The molecule has 37 heavy (non-hydrogen) atoms. The molecule has 0 fully saturated rings. The van der Waals surface area contributed by atoms with Gasteiger partial charge < -0.3 is 30.0 Å². The maximum absolute atomic E-state index is 12.2. The fraction of sp³-hybridized carbons (Fsp3) is 0.333. The molecule has 13 nitrogen and oxygen atoms in total. The summed E-state index contributed by atoms with van der Waals surface area (Å²) in [4.78, 5) is 57.3. The molecule has 13 heteroatoms. The van der Waals surface area contributed by atoms with Gasteiger partial charge in [-0.05, 0) is 57.0 Å². The molecule has 0 aromatic heterocycles. The van der Waals surface area contributed by atoms with Gasteiger partial charge in [0.05, 0.1) is 4.92 Å². The molecule has 2 rings (SSSR count). The van der Waals surface area contributed by atoms with Crippen LogP contribution in [0.15, 0.2) is 48.5 Å². The topological polar surface area (TPSA) is 183 Å². The first-order valence-electron chi connectivity index (χ1n) is 11.0. The zero-order valence-electron chi connectivity index (χ0n) is 20.4. The van der Waals surface area contributed by atoms with Crippen molar-refractivity contribution in [1.29, 1.82) is 0 Å². The largest absolute Gasteiger partial charge is 0.514 e. The predicted octanol–water partition coefficient (Wildman–Crippen LogP) is 4.01. The third-order valence-corrected chi connectivity index (χ3v) is 4.49. The van der Waals surface area contributed by atoms with Crippen molar-refractivity contribution < 1.29 is 43.4 Å². The van der Waals surface area contributed by atoms with Crippen LogP contribution >= 0.6 is 0 Å². The van der Waals surface area contributed by atoms with Crippen LogP contribution in [0.2, 0.25) is 0 Å². The fourth-order valence-electron chi connectivity index (χ4n) is 2.79. The van der Waals surface area contributed by atoms with Crippen molar-refractivity contribution in [2.24, 2.45) is 0 Å². The highest BCUT2D eigenvalue weighted by Crippen LogP contribution is 2.18. The van der Waals surface area contributed by atoms with E-state index in [9.17, 15) is 34.4 Å². The molecular weight excluding hydrogens is 490 g/mol. The van der Waals surface area contributed by atoms with E-state index in [1.165, 1.54) is 24.3 Å². The van der Waals surface area contributed by atoms with Gasteiger partial charge in [-0.1, -0.05) is 12.1 Å². The standard InChI is InChI=1S/C24H27N3O10/c1-24(2,3)37-22(31)26-19(21(29)30)12-13-20(28)25-16-6-4-15(5-7-16)14-35-23(32)36-18-10-8-17(9-11-18)27(33)34/h4-11,19H,12-14H2,1-3H3,(H,25,28)(H,26,31)(H,29,30)/t19-/m0/s1. The first kappa shape index (κ1) is 28.6. The van der Waals surface area contributed by atoms with Gasteiger partial charge in [0.15, 0.2) is 0 Å². The van der Waals surface area contributed by atoms with E-state index >= 15 is 0 Å². The third kappa shape index (κ3) is 10.6. The molecule has 2 aromatic rings. The summed E-state index contributed by atoms with van der Waals surface area (Å²) in [6, 6.07) is 9.93. The van der Waals surface area contributed by atoms with Crippen molar-refractivity contribution in [3.8, 4) is 5.75 Å². The molecule has 0 aliphatic heterocycles. The molecular formula is C24H27N3O10. The van der Waals surface area contributed by atoms with E-state index < -0.39 is 40.7 Å². The lowest BCUT2D eigenvalue weighted by atomic mass is 10.1. The number of hydrogen-bond donors (Lipinski definition) is 3. The SMILES string of the molecule is CC(C)(C)OC(=O)N[C@@H](CCC(=O)Nc1ccc(COC(=O)Oc2ccc([N+](=O)[O-])cc2)cc1)C(=O)O. The maximum Gasteiger partial charge on any atom is 0.514 e. The number of non-ortho nitro benzene ring substituents is 1. The average molecular weight is 517 g/mol. The van der Waals surface area contributed by atoms with E-state index in [-0.39, 0.29) is 30.9 Å². The Kier molecular flexibility index (Phi) is 9.92. The molecule has 0 aliphatic carbocycles. The van der Waals surface area contributed by atoms with Crippen LogP contribution in [0.25, 0.3) is 0 Å². The molecule has 2 aromatic carbocycles. The number of aliphatic carboxylic acids is 1. The summed E-state index contributed by atoms with van der Waals surface area (Å²) >= 11 is 0. The summed E-state index contributed by atoms with van der Waals surface area (Å²) in [5, 5.41) is 24.8. The van der Waals surface area contributed by atoms with Crippen LogP contribution in [-0.2, 0) is 25.7 Å². The summed E-state index contributed by atoms with van der Waals surface area (Å²) < 4.78 is 15.0. The van der Waals surface area contributed by atoms with Crippen LogP contribution in [0.4, 0.5) is 21.0 Å². The number of carboxylic acids is 1. The number of carboxylic acid groups (broad SMARTS) is 1. The Morgan fingerprint density at radius 1 is 1.03 bits per heavy atom. The molecule has 198 valence electrons. The second-order valence-electron chi connectivity index (χ2n) is 8.71. The van der Waals surface area contributed by atoms with Crippen LogP contribution in [0.1, 0.15) is 39.2 Å². The zero-order valence-corrected chi connectivity index (χ0v) is 20.4. The van der Waals surface area contributed by atoms with E-state index in [4.69, 9.17) is 14.2 Å². The van der Waals surface area contributed by atoms with Crippen LogP contribution in [0.5, 0.6) is 5.75 Å². The van der Waals surface area contributed by atoms with Crippen LogP contribution in [0.3, 0.4) is 0 Å². The van der Waals surface area contributed by atoms with Crippen molar-refractivity contribution in [2.75, 3.05) is 5.32 Å². The van der Waals surface area contributed by atoms with Gasteiger partial charge in [-0.15, -0.1) is 0 Å². The molecule has 3 N–H and O–H groups in total. The molecule has 0 heterocycles. The highest BCUT2D eigenvalue weighted by atomic mass is 16.7. The highest BCUT2D eigenvalue weighted by Gasteiger charge is 2.24. The Labute approximate surface area is 211 Å². The number of amides is 2. The van der Waals surface area contributed by atoms with Gasteiger partial charge in [-0.3, -0.25) is 14.9 Å². The second kappa shape index (κ2) is 12.9. The number of carbonyl (C=O) groups is 4. The molecule has 0 bridgehead atoms. The van der Waals surface area contributed by atoms with Crippen LogP contribution in [0, 0.1) is 10.1 Å². The molecule has 2 amide bonds. The van der Waals surface area contributed by atoms with Gasteiger partial charge in [0.25, 0.3) is 5.69 Å². The average Bonchev–Trinajstić information content (AvgIpc) is 2.80. The maximum atomic E-state index is 12.2. The molecule has 0 saturated carbocycles. The summed E-state index contributed by atoms with van der Waals surface area (Å²) in [5.41, 5.74) is 0.0715. The lowest BCUT2D eigenvalue weighted by Crippen LogP contribution is -2.43. The van der Waals surface area contributed by atoms with E-state index in [0.29, 0.717) is 11.3 Å². The van der Waals surface area contributed by atoms with E-state index in [1.807, 2.05) is 0 Å². The summed E-state index contributed by atoms with van der Waals surface area (Å²) in [5.74, 6) is -1.68. The van der Waals surface area contributed by atoms with E-state index in [1.54, 1.807) is 45.0 Å². The van der Waals surface area contributed by atoms with Crippen molar-refractivity contribution in [3.63, 3.8) is 0 Å². The van der Waals surface area contributed by atoms with Crippen molar-refractivity contribution in [2.45, 2.75) is 51.9 Å². The fourth-order valence-corrected chi connectivity index (χ4v) is 2.79. The Balaban J connectivity index is 1.78. The number of anilines is 1. The lowest BCUT2D eigenvalue weighted by Gasteiger charge is -2.21. The van der Waals surface area contributed by atoms with Gasteiger partial charge in [-0.25, -0.2) is 14.4 Å². The van der Waals surface area contributed by atoms with Gasteiger partial charge in [-0.2, -0.15) is 0 Å². The normalized spacial score (nSPS) is 11.5. The Hall–Kier alpha value is -4.68. The monoisotopic (exact) mass is 517 g/mol. The summed E-state index contributed by atoms with van der Waals surface area (Å²) in [6.07, 6.45) is -2.22. The summed E-state index contributed by atoms with van der Waals surface area (Å²) in [6.45, 7) is 4.79. The number of alkyl carbamates (subject to hydrolysis) is 1. The minimum Gasteiger partial charge on any atom is -0.480 e. The number of ether oxygens (including phenoxy) is 3. The lowest BCUT2D eigenvalue weighted by molar-refractivity contribution is -0.384. The number of nitro benzene ring substituents is 1. The van der Waals surface area contributed by atoms with E-state index in [2.05, 4.69) is 10.6 Å². The second-order valence-corrected chi connectivity index (χ2v) is 8.71. The number of nitrogens with one attached hydrogen (secondary N) is 2. The summed E-state index contributed by atoms with van der Waals surface area (Å²) in [7, 11) is 0. The quantitative estimate of drug-likeness (QED) is 0.180. The van der Waals surface area contributed by atoms with Gasteiger partial charge in [0.1, 0.15) is 24.0 Å². The Bertz CT molecular complexity index is 1120. The molecule has 0 unspecified atom stereocenters. The number of hydrogen-bond acceptors (Lipinski definition) is 9. The molecule has 0 radical (unpaired) electrons. The minimum atomic E-state index is -1.30. The first-order valence-corrected chi connectivity index (χ1v) is 11.0. The molecule has 0 saturated heterocycles. The minimum absolute atomic E-state index is 0.0834. The van der Waals surface area contributed by atoms with Crippen LogP contribution < -0.4 is 15.4 Å².